The average molecular weight is 441 g/mol. The molecule has 0 N–H and O–H groups in total. The molecule has 33 heavy (non-hydrogen) atoms. The normalized spacial score (nSPS) is 20.3. The van der Waals surface area contributed by atoms with Crippen LogP contribution in [0.15, 0.2) is 54.0 Å². The summed E-state index contributed by atoms with van der Waals surface area (Å²) in [7, 11) is 2.13. The van der Waals surface area contributed by atoms with Crippen LogP contribution in [0.4, 0.5) is 5.82 Å². The lowest BCUT2D eigenvalue weighted by Gasteiger charge is -2.23. The number of likely N-dealkylation sites (tertiary alicyclic amines) is 2. The van der Waals surface area contributed by atoms with E-state index in [-0.39, 0.29) is 17.1 Å². The van der Waals surface area contributed by atoms with Crippen LogP contribution in [0.1, 0.15) is 28.8 Å². The van der Waals surface area contributed by atoms with Gasteiger partial charge in [-0.05, 0) is 61.4 Å². The molecule has 2 fully saturated rings. The van der Waals surface area contributed by atoms with Gasteiger partial charge in [-0.15, -0.1) is 4.91 Å². The maximum atomic E-state index is 13.0. The molecule has 2 aliphatic rings. The summed E-state index contributed by atoms with van der Waals surface area (Å²) in [5, 5.41) is 16.4. The van der Waals surface area contributed by atoms with E-state index in [2.05, 4.69) is 33.3 Å². The number of carbonyl (C=O) groups excluding carboxylic acids is 1. The Bertz CT molecular complexity index is 1240. The highest BCUT2D eigenvalue weighted by Gasteiger charge is 2.43. The van der Waals surface area contributed by atoms with Gasteiger partial charge in [-0.25, -0.2) is 4.98 Å². The fourth-order valence-corrected chi connectivity index (χ4v) is 4.95. The minimum Gasteiger partial charge on any atom is -0.338 e. The third-order valence-corrected chi connectivity index (χ3v) is 6.72. The lowest BCUT2D eigenvalue weighted by Crippen LogP contribution is -2.33. The predicted octanol–water partition coefficient (Wildman–Crippen LogP) is 3.37. The number of nitroso groups, excluding NO2 is 1. The van der Waals surface area contributed by atoms with Crippen LogP contribution in [0.25, 0.3) is 16.9 Å². The summed E-state index contributed by atoms with van der Waals surface area (Å²) in [5.41, 5.74) is 2.53. The van der Waals surface area contributed by atoms with E-state index in [0.29, 0.717) is 22.5 Å². The van der Waals surface area contributed by atoms with Gasteiger partial charge < -0.3 is 9.80 Å². The summed E-state index contributed by atoms with van der Waals surface area (Å²) in [4.78, 5) is 33.3. The first-order chi connectivity index (χ1) is 16.0. The van der Waals surface area contributed by atoms with Crippen molar-refractivity contribution in [3.8, 4) is 23.0 Å². The van der Waals surface area contributed by atoms with Gasteiger partial charge in [0.25, 0.3) is 5.91 Å². The number of pyridine rings is 1. The van der Waals surface area contributed by atoms with E-state index >= 15 is 0 Å². The van der Waals surface area contributed by atoms with Crippen molar-refractivity contribution in [3.63, 3.8) is 0 Å². The van der Waals surface area contributed by atoms with E-state index in [9.17, 15) is 9.70 Å². The summed E-state index contributed by atoms with van der Waals surface area (Å²) < 4.78 is 1.36. The maximum absolute atomic E-state index is 13.0. The Balaban J connectivity index is 1.35. The molecule has 0 bridgehead atoms. The molecule has 1 unspecified atom stereocenters. The molecular formula is C24H23N7O2. The largest absolute Gasteiger partial charge is 0.338 e. The average Bonchev–Trinajstić information content (AvgIpc) is 3.57. The smallest absolute Gasteiger partial charge is 0.255 e. The zero-order valence-corrected chi connectivity index (χ0v) is 18.3. The molecular weight excluding hydrogens is 418 g/mol. The number of nitrogens with zero attached hydrogens (tertiary/aromatic N) is 7. The molecule has 9 heteroatoms. The first-order valence-corrected chi connectivity index (χ1v) is 10.9. The fourth-order valence-electron chi connectivity index (χ4n) is 4.95. The molecule has 1 atom stereocenters. The second kappa shape index (κ2) is 8.22. The van der Waals surface area contributed by atoms with Crippen molar-refractivity contribution in [3.05, 3.63) is 64.8 Å². The second-order valence-electron chi connectivity index (χ2n) is 8.94. The Hall–Kier alpha value is -3.90. The van der Waals surface area contributed by atoms with E-state index in [1.807, 2.05) is 4.90 Å². The quantitative estimate of drug-likeness (QED) is 0.575. The zero-order chi connectivity index (χ0) is 23.0. The Kier molecular flexibility index (Phi) is 5.23. The number of amides is 1. The molecule has 0 saturated carbocycles. The van der Waals surface area contributed by atoms with Gasteiger partial charge in [0.05, 0.1) is 29.0 Å². The Morgan fingerprint density at radius 2 is 1.88 bits per heavy atom. The van der Waals surface area contributed by atoms with Gasteiger partial charge in [0.15, 0.2) is 5.82 Å². The van der Waals surface area contributed by atoms with Gasteiger partial charge in [0, 0.05) is 31.2 Å². The maximum Gasteiger partial charge on any atom is 0.255 e. The molecule has 4 heterocycles. The van der Waals surface area contributed by atoms with E-state index in [0.717, 1.165) is 44.6 Å². The van der Waals surface area contributed by atoms with Crippen LogP contribution in [-0.4, -0.2) is 63.7 Å². The van der Waals surface area contributed by atoms with Crippen molar-refractivity contribution in [1.82, 2.24) is 24.6 Å². The molecule has 9 nitrogen and oxygen atoms in total. The highest BCUT2D eigenvalue weighted by atomic mass is 16.3. The van der Waals surface area contributed by atoms with Crippen molar-refractivity contribution in [2.75, 3.05) is 33.2 Å². The Morgan fingerprint density at radius 1 is 1.09 bits per heavy atom. The number of aromatic nitrogens is 3. The summed E-state index contributed by atoms with van der Waals surface area (Å²) in [6.07, 6.45) is 5.24. The number of benzene rings is 1. The van der Waals surface area contributed by atoms with Crippen LogP contribution in [0, 0.1) is 21.7 Å². The lowest BCUT2D eigenvalue weighted by molar-refractivity contribution is 0.0773. The van der Waals surface area contributed by atoms with Crippen LogP contribution in [0.5, 0.6) is 0 Å². The number of hydrogen-bond donors (Lipinski definition) is 0. The minimum absolute atomic E-state index is 0.0204. The van der Waals surface area contributed by atoms with Crippen LogP contribution in [0.2, 0.25) is 0 Å². The Morgan fingerprint density at radius 3 is 2.52 bits per heavy atom. The van der Waals surface area contributed by atoms with Gasteiger partial charge in [-0.2, -0.15) is 15.0 Å². The molecule has 1 aromatic carbocycles. The molecule has 1 spiro atoms. The third kappa shape index (κ3) is 3.79. The Labute approximate surface area is 191 Å². The summed E-state index contributed by atoms with van der Waals surface area (Å²) in [6.45, 7) is 3.67. The highest BCUT2D eigenvalue weighted by Crippen LogP contribution is 2.39. The summed E-state index contributed by atoms with van der Waals surface area (Å²) >= 11 is 0. The molecule has 166 valence electrons. The van der Waals surface area contributed by atoms with E-state index < -0.39 is 0 Å². The fraction of sp³-hybridized carbons (Fsp3) is 0.333. The molecule has 1 amide bonds. The monoisotopic (exact) mass is 441 g/mol. The number of rotatable bonds is 4. The molecule has 5 rings (SSSR count). The van der Waals surface area contributed by atoms with Crippen molar-refractivity contribution < 1.29 is 4.79 Å². The highest BCUT2D eigenvalue weighted by molar-refractivity contribution is 5.94. The molecule has 0 aliphatic carbocycles. The van der Waals surface area contributed by atoms with Gasteiger partial charge in [0.2, 0.25) is 5.82 Å². The van der Waals surface area contributed by atoms with Gasteiger partial charge in [0.1, 0.15) is 0 Å². The molecule has 2 aliphatic heterocycles. The van der Waals surface area contributed by atoms with Crippen molar-refractivity contribution >= 4 is 11.7 Å². The molecule has 2 aromatic heterocycles. The standard InChI is InChI=1S/C24H23N7O2/c1-29-10-8-24(15-29)9-11-30(16-24)23(32)19-6-7-21(26-13-19)31-22(28-33)20(14-27-31)18-4-2-17(12-25)3-5-18/h2-7,13-14H,8-11,15-16H2,1H3. The number of hydrogen-bond acceptors (Lipinski definition) is 7. The van der Waals surface area contributed by atoms with E-state index in [1.165, 1.54) is 10.9 Å². The topological polar surface area (TPSA) is 107 Å². The third-order valence-electron chi connectivity index (χ3n) is 6.72. The van der Waals surface area contributed by atoms with Crippen LogP contribution < -0.4 is 0 Å². The van der Waals surface area contributed by atoms with Crippen LogP contribution in [-0.2, 0) is 0 Å². The zero-order valence-electron chi connectivity index (χ0n) is 18.3. The first-order valence-electron chi connectivity index (χ1n) is 10.9. The van der Waals surface area contributed by atoms with E-state index in [4.69, 9.17) is 5.26 Å². The minimum atomic E-state index is -0.0204. The number of carbonyl (C=O) groups is 1. The van der Waals surface area contributed by atoms with Gasteiger partial charge in [-0.1, -0.05) is 12.1 Å². The van der Waals surface area contributed by atoms with Gasteiger partial charge >= 0.3 is 0 Å². The second-order valence-corrected chi connectivity index (χ2v) is 8.94. The predicted molar refractivity (Wildman–Crippen MR) is 122 cm³/mol. The van der Waals surface area contributed by atoms with E-state index in [1.54, 1.807) is 42.6 Å². The first kappa shape index (κ1) is 21.0. The van der Waals surface area contributed by atoms with Crippen LogP contribution >= 0.6 is 0 Å². The summed E-state index contributed by atoms with van der Waals surface area (Å²) in [6, 6.07) is 12.3. The van der Waals surface area contributed by atoms with Gasteiger partial charge in [-0.3, -0.25) is 4.79 Å². The van der Waals surface area contributed by atoms with Crippen LogP contribution in [0.3, 0.4) is 0 Å². The van der Waals surface area contributed by atoms with Crippen molar-refractivity contribution in [2.45, 2.75) is 12.8 Å². The SMILES string of the molecule is CN1CCC2(CCN(C(=O)c3ccc(-n4ncc(-c5ccc(C#N)cc5)c4N=O)nc3)C2)C1. The van der Waals surface area contributed by atoms with Crippen molar-refractivity contribution in [1.29, 1.82) is 5.26 Å². The molecule has 2 saturated heterocycles. The summed E-state index contributed by atoms with van der Waals surface area (Å²) in [5.74, 6) is 0.488. The molecule has 3 aromatic rings. The lowest BCUT2D eigenvalue weighted by atomic mass is 9.86. The number of nitriles is 1. The molecule has 0 radical (unpaired) electrons. The van der Waals surface area contributed by atoms with Crippen molar-refractivity contribution in [2.24, 2.45) is 10.6 Å².